The van der Waals surface area contributed by atoms with Crippen molar-refractivity contribution in [3.8, 4) is 0 Å². The minimum absolute atomic E-state index is 0.746. The van der Waals surface area contributed by atoms with Gasteiger partial charge in [0.2, 0.25) is 0 Å². The van der Waals surface area contributed by atoms with Crippen molar-refractivity contribution in [3.63, 3.8) is 0 Å². The van der Waals surface area contributed by atoms with Crippen LogP contribution in [0.1, 0.15) is 18.7 Å². The molecule has 2 nitrogen and oxygen atoms in total. The Morgan fingerprint density at radius 3 is 2.67 bits per heavy atom. The first-order valence-corrected chi connectivity index (χ1v) is 6.61. The van der Waals surface area contributed by atoms with Crippen LogP contribution in [0.3, 0.4) is 0 Å². The molecule has 1 rings (SSSR count). The van der Waals surface area contributed by atoms with Gasteiger partial charge in [-0.2, -0.15) is 0 Å². The Morgan fingerprint density at radius 2 is 2.00 bits per heavy atom. The molecule has 0 atom stereocenters. The summed E-state index contributed by atoms with van der Waals surface area (Å²) in [4.78, 5) is 1.47. The molecule has 0 saturated carbocycles. The zero-order chi connectivity index (χ0) is 10.9. The zero-order valence-electron chi connectivity index (χ0n) is 9.75. The van der Waals surface area contributed by atoms with Crippen molar-refractivity contribution in [3.05, 3.63) is 22.4 Å². The fourth-order valence-electron chi connectivity index (χ4n) is 1.36. The number of hydrogen-bond donors (Lipinski definition) is 2. The van der Waals surface area contributed by atoms with E-state index in [9.17, 15) is 0 Å². The third-order valence-corrected chi connectivity index (χ3v) is 3.10. The lowest BCUT2D eigenvalue weighted by molar-refractivity contribution is 0.536. The lowest BCUT2D eigenvalue weighted by Gasteiger charge is -2.07. The lowest BCUT2D eigenvalue weighted by Crippen LogP contribution is -2.30. The van der Waals surface area contributed by atoms with Gasteiger partial charge >= 0.3 is 0 Å². The molecule has 0 aliphatic carbocycles. The van der Waals surface area contributed by atoms with Crippen LogP contribution in [0, 0.1) is 5.92 Å². The maximum absolute atomic E-state index is 3.44. The van der Waals surface area contributed by atoms with Gasteiger partial charge in [0.15, 0.2) is 0 Å². The van der Waals surface area contributed by atoms with Gasteiger partial charge in [0, 0.05) is 24.5 Å². The Labute approximate surface area is 97.1 Å². The molecule has 0 radical (unpaired) electrons. The number of hydrogen-bond acceptors (Lipinski definition) is 3. The highest BCUT2D eigenvalue weighted by atomic mass is 32.1. The number of thiophene rings is 1. The van der Waals surface area contributed by atoms with Crippen LogP contribution in [0.5, 0.6) is 0 Å². The summed E-state index contributed by atoms with van der Waals surface area (Å²) in [5, 5.41) is 9.00. The van der Waals surface area contributed by atoms with Crippen LogP contribution < -0.4 is 10.6 Å². The summed E-state index contributed by atoms with van der Waals surface area (Å²) in [6, 6.07) is 4.31. The highest BCUT2D eigenvalue weighted by molar-refractivity contribution is 7.09. The largest absolute Gasteiger partial charge is 0.315 e. The molecular formula is C12H22N2S. The maximum atomic E-state index is 3.44. The highest BCUT2D eigenvalue weighted by Crippen LogP contribution is 2.07. The van der Waals surface area contributed by atoms with E-state index in [1.165, 1.54) is 4.88 Å². The molecule has 15 heavy (non-hydrogen) atoms. The second kappa shape index (κ2) is 7.85. The van der Waals surface area contributed by atoms with E-state index in [1.54, 1.807) is 0 Å². The molecule has 0 unspecified atom stereocenters. The van der Waals surface area contributed by atoms with Gasteiger partial charge in [-0.3, -0.25) is 0 Å². The van der Waals surface area contributed by atoms with Crippen LogP contribution >= 0.6 is 11.3 Å². The zero-order valence-corrected chi connectivity index (χ0v) is 10.6. The highest BCUT2D eigenvalue weighted by Gasteiger charge is 1.94. The molecule has 0 aromatic carbocycles. The first kappa shape index (κ1) is 12.7. The summed E-state index contributed by atoms with van der Waals surface area (Å²) >= 11 is 1.84. The SMILES string of the molecule is CC(C)CNCCNCCc1cccs1. The number of rotatable bonds is 8. The maximum Gasteiger partial charge on any atom is 0.00768 e. The average Bonchev–Trinajstić information content (AvgIpc) is 2.68. The monoisotopic (exact) mass is 226 g/mol. The van der Waals surface area contributed by atoms with Crippen LogP contribution in [0.25, 0.3) is 0 Å². The van der Waals surface area contributed by atoms with E-state index in [4.69, 9.17) is 0 Å². The van der Waals surface area contributed by atoms with Gasteiger partial charge in [0.05, 0.1) is 0 Å². The van der Waals surface area contributed by atoms with Gasteiger partial charge < -0.3 is 10.6 Å². The predicted molar refractivity (Wildman–Crippen MR) is 68.6 cm³/mol. The fraction of sp³-hybridized carbons (Fsp3) is 0.667. The number of nitrogens with one attached hydrogen (secondary N) is 2. The van der Waals surface area contributed by atoms with E-state index in [-0.39, 0.29) is 0 Å². The van der Waals surface area contributed by atoms with Crippen molar-refractivity contribution in [1.82, 2.24) is 10.6 Å². The molecule has 3 heteroatoms. The Morgan fingerprint density at radius 1 is 1.20 bits per heavy atom. The van der Waals surface area contributed by atoms with E-state index in [0.29, 0.717) is 0 Å². The second-order valence-electron chi connectivity index (χ2n) is 4.18. The Kier molecular flexibility index (Phi) is 6.64. The van der Waals surface area contributed by atoms with Gasteiger partial charge in [-0.05, 0) is 30.3 Å². The van der Waals surface area contributed by atoms with Gasteiger partial charge in [-0.25, -0.2) is 0 Å². The molecular weight excluding hydrogens is 204 g/mol. The summed E-state index contributed by atoms with van der Waals surface area (Å²) < 4.78 is 0. The first-order chi connectivity index (χ1) is 7.29. The van der Waals surface area contributed by atoms with Crippen molar-refractivity contribution in [2.75, 3.05) is 26.2 Å². The van der Waals surface area contributed by atoms with Crippen molar-refractivity contribution in [2.45, 2.75) is 20.3 Å². The molecule has 0 aliphatic rings. The first-order valence-electron chi connectivity index (χ1n) is 5.73. The molecule has 1 heterocycles. The molecule has 1 aromatic heterocycles. The van der Waals surface area contributed by atoms with Crippen LogP contribution in [0.4, 0.5) is 0 Å². The van der Waals surface area contributed by atoms with Gasteiger partial charge in [0.25, 0.3) is 0 Å². The second-order valence-corrected chi connectivity index (χ2v) is 5.21. The normalized spacial score (nSPS) is 11.1. The molecule has 2 N–H and O–H groups in total. The van der Waals surface area contributed by atoms with Gasteiger partial charge in [-0.15, -0.1) is 11.3 Å². The third kappa shape index (κ3) is 6.66. The van der Waals surface area contributed by atoms with Crippen LogP contribution in [0.2, 0.25) is 0 Å². The molecule has 0 aliphatic heterocycles. The topological polar surface area (TPSA) is 24.1 Å². The van der Waals surface area contributed by atoms with Gasteiger partial charge in [-0.1, -0.05) is 19.9 Å². The fourth-order valence-corrected chi connectivity index (χ4v) is 2.07. The minimum Gasteiger partial charge on any atom is -0.315 e. The van der Waals surface area contributed by atoms with Crippen molar-refractivity contribution >= 4 is 11.3 Å². The van der Waals surface area contributed by atoms with Crippen LogP contribution in [-0.2, 0) is 6.42 Å². The van der Waals surface area contributed by atoms with E-state index < -0.39 is 0 Å². The van der Waals surface area contributed by atoms with Gasteiger partial charge in [0.1, 0.15) is 0 Å². The van der Waals surface area contributed by atoms with Crippen molar-refractivity contribution in [2.24, 2.45) is 5.92 Å². The van der Waals surface area contributed by atoms with E-state index in [0.717, 1.165) is 38.5 Å². The van der Waals surface area contributed by atoms with Crippen molar-refractivity contribution in [1.29, 1.82) is 0 Å². The van der Waals surface area contributed by atoms with Crippen LogP contribution in [0.15, 0.2) is 17.5 Å². The quantitative estimate of drug-likeness (QED) is 0.664. The third-order valence-electron chi connectivity index (χ3n) is 2.16. The summed E-state index contributed by atoms with van der Waals surface area (Å²) in [5.74, 6) is 0.746. The van der Waals surface area contributed by atoms with E-state index in [1.807, 2.05) is 11.3 Å². The summed E-state index contributed by atoms with van der Waals surface area (Å²) in [6.45, 7) is 8.81. The molecule has 0 amide bonds. The Hall–Kier alpha value is -0.380. The van der Waals surface area contributed by atoms with E-state index in [2.05, 4.69) is 42.0 Å². The Bertz CT molecular complexity index is 232. The predicted octanol–water partition coefficient (Wildman–Crippen LogP) is 2.13. The summed E-state index contributed by atoms with van der Waals surface area (Å²) in [5.41, 5.74) is 0. The molecule has 86 valence electrons. The lowest BCUT2D eigenvalue weighted by atomic mass is 10.2. The molecule has 0 spiro atoms. The molecule has 0 saturated heterocycles. The van der Waals surface area contributed by atoms with Crippen LogP contribution in [-0.4, -0.2) is 26.2 Å². The minimum atomic E-state index is 0.746. The average molecular weight is 226 g/mol. The summed E-state index contributed by atoms with van der Waals surface area (Å²) in [6.07, 6.45) is 1.15. The van der Waals surface area contributed by atoms with E-state index >= 15 is 0 Å². The Balaban J connectivity index is 1.85. The molecule has 0 bridgehead atoms. The standard InChI is InChI=1S/C12H22N2S/c1-11(2)10-14-8-7-13-6-5-12-4-3-9-15-12/h3-4,9,11,13-14H,5-8,10H2,1-2H3. The molecule has 0 fully saturated rings. The smallest absolute Gasteiger partial charge is 0.00768 e. The molecule has 1 aromatic rings. The summed E-state index contributed by atoms with van der Waals surface area (Å²) in [7, 11) is 0. The van der Waals surface area contributed by atoms with Crippen molar-refractivity contribution < 1.29 is 0 Å².